The SMILES string of the molecule is CC(=O)/C(C)=C/c1ccc(F)cc1Cl. The van der Waals surface area contributed by atoms with E-state index in [9.17, 15) is 9.18 Å². The van der Waals surface area contributed by atoms with Crippen LogP contribution in [0.4, 0.5) is 4.39 Å². The molecule has 0 atom stereocenters. The van der Waals surface area contributed by atoms with Crippen LogP contribution in [0.5, 0.6) is 0 Å². The maximum absolute atomic E-state index is 12.7. The summed E-state index contributed by atoms with van der Waals surface area (Å²) < 4.78 is 12.7. The van der Waals surface area contributed by atoms with E-state index >= 15 is 0 Å². The number of ketones is 1. The average molecular weight is 213 g/mol. The lowest BCUT2D eigenvalue weighted by Gasteiger charge is -1.99. The first-order valence-electron chi connectivity index (χ1n) is 4.15. The number of halogens is 2. The highest BCUT2D eigenvalue weighted by Gasteiger charge is 2.01. The smallest absolute Gasteiger partial charge is 0.155 e. The first-order valence-corrected chi connectivity index (χ1v) is 4.53. The molecule has 0 radical (unpaired) electrons. The summed E-state index contributed by atoms with van der Waals surface area (Å²) in [4.78, 5) is 10.9. The van der Waals surface area contributed by atoms with Crippen molar-refractivity contribution in [3.63, 3.8) is 0 Å². The minimum absolute atomic E-state index is 0.0228. The summed E-state index contributed by atoms with van der Waals surface area (Å²) >= 11 is 5.78. The normalized spacial score (nSPS) is 11.6. The molecule has 0 saturated carbocycles. The van der Waals surface area contributed by atoms with Crippen molar-refractivity contribution in [1.29, 1.82) is 0 Å². The van der Waals surface area contributed by atoms with Gasteiger partial charge in [-0.05, 0) is 43.2 Å². The van der Waals surface area contributed by atoms with Gasteiger partial charge >= 0.3 is 0 Å². The highest BCUT2D eigenvalue weighted by atomic mass is 35.5. The highest BCUT2D eigenvalue weighted by Crippen LogP contribution is 2.20. The van der Waals surface area contributed by atoms with Crippen molar-refractivity contribution < 1.29 is 9.18 Å². The second-order valence-corrected chi connectivity index (χ2v) is 3.46. The minimum atomic E-state index is -0.382. The van der Waals surface area contributed by atoms with Crippen LogP contribution >= 0.6 is 11.6 Å². The van der Waals surface area contributed by atoms with Crippen LogP contribution in [0.1, 0.15) is 19.4 Å². The summed E-state index contributed by atoms with van der Waals surface area (Å²) in [6, 6.07) is 4.08. The topological polar surface area (TPSA) is 17.1 Å². The molecule has 0 spiro atoms. The number of carbonyl (C=O) groups excluding carboxylic acids is 1. The predicted molar refractivity (Wildman–Crippen MR) is 55.7 cm³/mol. The molecule has 0 aliphatic rings. The molecule has 0 aliphatic heterocycles. The van der Waals surface area contributed by atoms with E-state index in [1.165, 1.54) is 19.1 Å². The van der Waals surface area contributed by atoms with Crippen molar-refractivity contribution in [3.05, 3.63) is 40.2 Å². The molecule has 0 saturated heterocycles. The van der Waals surface area contributed by atoms with E-state index in [0.717, 1.165) is 0 Å². The van der Waals surface area contributed by atoms with Crippen LogP contribution in [-0.2, 0) is 4.79 Å². The maximum Gasteiger partial charge on any atom is 0.155 e. The Labute approximate surface area is 87.2 Å². The predicted octanol–water partition coefficient (Wildman–Crippen LogP) is 3.47. The lowest BCUT2D eigenvalue weighted by molar-refractivity contribution is -0.113. The lowest BCUT2D eigenvalue weighted by atomic mass is 10.1. The number of benzene rings is 1. The number of allylic oxidation sites excluding steroid dienone is 1. The summed E-state index contributed by atoms with van der Waals surface area (Å²) in [6.45, 7) is 3.17. The van der Waals surface area contributed by atoms with E-state index in [1.807, 2.05) is 0 Å². The maximum atomic E-state index is 12.7. The summed E-state index contributed by atoms with van der Waals surface area (Å²) in [5.74, 6) is -0.405. The lowest BCUT2D eigenvalue weighted by Crippen LogP contribution is -1.91. The summed E-state index contributed by atoms with van der Waals surface area (Å²) in [6.07, 6.45) is 1.64. The summed E-state index contributed by atoms with van der Waals surface area (Å²) in [5, 5.41) is 0.311. The average Bonchev–Trinajstić information content (AvgIpc) is 2.09. The molecule has 74 valence electrons. The molecule has 0 N–H and O–H groups in total. The third-order valence-corrected chi connectivity index (χ3v) is 2.22. The van der Waals surface area contributed by atoms with Gasteiger partial charge in [-0.15, -0.1) is 0 Å². The van der Waals surface area contributed by atoms with Crippen molar-refractivity contribution in [1.82, 2.24) is 0 Å². The fourth-order valence-electron chi connectivity index (χ4n) is 0.953. The molecule has 1 aromatic rings. The highest BCUT2D eigenvalue weighted by molar-refractivity contribution is 6.32. The van der Waals surface area contributed by atoms with Crippen LogP contribution in [-0.4, -0.2) is 5.78 Å². The van der Waals surface area contributed by atoms with Gasteiger partial charge in [-0.3, -0.25) is 4.79 Å². The Balaban J connectivity index is 3.09. The van der Waals surface area contributed by atoms with Crippen LogP contribution < -0.4 is 0 Å². The van der Waals surface area contributed by atoms with E-state index < -0.39 is 0 Å². The van der Waals surface area contributed by atoms with Gasteiger partial charge in [-0.25, -0.2) is 4.39 Å². The van der Waals surface area contributed by atoms with Crippen LogP contribution in [0.25, 0.3) is 6.08 Å². The van der Waals surface area contributed by atoms with Gasteiger partial charge in [0.2, 0.25) is 0 Å². The Hall–Kier alpha value is -1.15. The summed E-state index contributed by atoms with van der Waals surface area (Å²) in [5.41, 5.74) is 1.25. The Morgan fingerprint density at radius 3 is 2.57 bits per heavy atom. The van der Waals surface area contributed by atoms with E-state index in [2.05, 4.69) is 0 Å². The standard InChI is InChI=1S/C11H10ClFO/c1-7(8(2)14)5-9-3-4-10(13)6-11(9)12/h3-6H,1-2H3/b7-5+. The Morgan fingerprint density at radius 1 is 1.43 bits per heavy atom. The van der Waals surface area contributed by atoms with E-state index in [4.69, 9.17) is 11.6 Å². The van der Waals surface area contributed by atoms with Crippen molar-refractivity contribution in [2.45, 2.75) is 13.8 Å². The van der Waals surface area contributed by atoms with E-state index in [0.29, 0.717) is 16.2 Å². The molecule has 0 amide bonds. The molecule has 1 nitrogen and oxygen atoms in total. The zero-order valence-electron chi connectivity index (χ0n) is 7.97. The van der Waals surface area contributed by atoms with E-state index in [-0.39, 0.29) is 11.6 Å². The number of hydrogen-bond acceptors (Lipinski definition) is 1. The number of rotatable bonds is 2. The molecule has 0 aromatic heterocycles. The van der Waals surface area contributed by atoms with Gasteiger partial charge in [0.15, 0.2) is 5.78 Å². The molecule has 0 bridgehead atoms. The molecule has 0 fully saturated rings. The number of hydrogen-bond donors (Lipinski definition) is 0. The molecule has 3 heteroatoms. The van der Waals surface area contributed by atoms with Gasteiger partial charge in [0, 0.05) is 0 Å². The largest absolute Gasteiger partial charge is 0.295 e. The van der Waals surface area contributed by atoms with E-state index in [1.54, 1.807) is 19.1 Å². The van der Waals surface area contributed by atoms with Gasteiger partial charge in [-0.2, -0.15) is 0 Å². The van der Waals surface area contributed by atoms with Crippen molar-refractivity contribution in [2.24, 2.45) is 0 Å². The van der Waals surface area contributed by atoms with Crippen LogP contribution in [0.15, 0.2) is 23.8 Å². The van der Waals surface area contributed by atoms with Gasteiger partial charge in [0.05, 0.1) is 5.02 Å². The Bertz CT molecular complexity index is 396. The fraction of sp³-hybridized carbons (Fsp3) is 0.182. The third-order valence-electron chi connectivity index (χ3n) is 1.89. The molecule has 14 heavy (non-hydrogen) atoms. The Kier molecular flexibility index (Phi) is 3.42. The van der Waals surface area contributed by atoms with Crippen LogP contribution in [0.3, 0.4) is 0 Å². The molecule has 1 rings (SSSR count). The first-order chi connectivity index (χ1) is 6.50. The quantitative estimate of drug-likeness (QED) is 0.686. The zero-order chi connectivity index (χ0) is 10.7. The van der Waals surface area contributed by atoms with Gasteiger partial charge in [-0.1, -0.05) is 17.7 Å². The Morgan fingerprint density at radius 2 is 2.07 bits per heavy atom. The van der Waals surface area contributed by atoms with Crippen molar-refractivity contribution >= 4 is 23.5 Å². The second kappa shape index (κ2) is 4.38. The minimum Gasteiger partial charge on any atom is -0.295 e. The number of carbonyl (C=O) groups is 1. The third kappa shape index (κ3) is 2.67. The summed E-state index contributed by atoms with van der Waals surface area (Å²) in [7, 11) is 0. The second-order valence-electron chi connectivity index (χ2n) is 3.05. The monoisotopic (exact) mass is 212 g/mol. The molecule has 0 heterocycles. The van der Waals surface area contributed by atoms with Crippen LogP contribution in [0.2, 0.25) is 5.02 Å². The molecule has 0 aliphatic carbocycles. The molecular formula is C11H10ClFO. The van der Waals surface area contributed by atoms with Gasteiger partial charge in [0.25, 0.3) is 0 Å². The zero-order valence-corrected chi connectivity index (χ0v) is 8.73. The molecule has 0 unspecified atom stereocenters. The number of Topliss-reactive ketones (excluding diaryl/α,β-unsaturated/α-hetero) is 1. The van der Waals surface area contributed by atoms with Gasteiger partial charge < -0.3 is 0 Å². The fourth-order valence-corrected chi connectivity index (χ4v) is 1.18. The molecule has 1 aromatic carbocycles. The van der Waals surface area contributed by atoms with Crippen molar-refractivity contribution in [3.8, 4) is 0 Å². The van der Waals surface area contributed by atoms with Crippen LogP contribution in [0, 0.1) is 5.82 Å². The van der Waals surface area contributed by atoms with Gasteiger partial charge in [0.1, 0.15) is 5.82 Å². The molecular weight excluding hydrogens is 203 g/mol. The first kappa shape index (κ1) is 10.9. The van der Waals surface area contributed by atoms with Crippen molar-refractivity contribution in [2.75, 3.05) is 0 Å².